The molecular weight excluding hydrogens is 444 g/mol. The van der Waals surface area contributed by atoms with Crippen molar-refractivity contribution in [3.05, 3.63) is 23.3 Å². The quantitative estimate of drug-likeness (QED) is 0.590. The molecule has 1 unspecified atom stereocenters. The van der Waals surface area contributed by atoms with Crippen LogP contribution in [-0.2, 0) is 26.3 Å². The van der Waals surface area contributed by atoms with Gasteiger partial charge in [0.05, 0.1) is 0 Å². The molecule has 2 N–H and O–H groups in total. The van der Waals surface area contributed by atoms with Gasteiger partial charge in [-0.25, -0.2) is 4.98 Å². The molecule has 1 aliphatic heterocycles. The highest BCUT2D eigenvalue weighted by Gasteiger charge is 2.39. The van der Waals surface area contributed by atoms with Gasteiger partial charge in [-0.3, -0.25) is 14.4 Å². The highest BCUT2D eigenvalue weighted by atomic mass is 32.1. The SMILES string of the molecule is CC(=O)NC1(c2noc(CCC(=O)N3CCCC3C(=O)Nc3nccs3)n2)CCCCCC1. The molecule has 1 saturated carbocycles. The zero-order chi connectivity index (χ0) is 23.3. The molecule has 2 aromatic heterocycles. The fourth-order valence-corrected chi connectivity index (χ4v) is 5.33. The Kier molecular flexibility index (Phi) is 7.36. The first-order valence-electron chi connectivity index (χ1n) is 11.6. The molecular formula is C22H30N6O4S. The average molecular weight is 475 g/mol. The van der Waals surface area contributed by atoms with Crippen molar-refractivity contribution < 1.29 is 18.9 Å². The maximum absolute atomic E-state index is 12.9. The molecule has 1 saturated heterocycles. The van der Waals surface area contributed by atoms with Crippen LogP contribution in [0.25, 0.3) is 0 Å². The number of anilines is 1. The van der Waals surface area contributed by atoms with E-state index >= 15 is 0 Å². The Balaban J connectivity index is 1.37. The summed E-state index contributed by atoms with van der Waals surface area (Å²) in [5.74, 6) is 0.424. The molecule has 3 heterocycles. The Labute approximate surface area is 196 Å². The van der Waals surface area contributed by atoms with Crippen LogP contribution in [0, 0.1) is 0 Å². The predicted molar refractivity (Wildman–Crippen MR) is 121 cm³/mol. The van der Waals surface area contributed by atoms with Crippen LogP contribution in [0.4, 0.5) is 5.13 Å². The van der Waals surface area contributed by atoms with E-state index in [9.17, 15) is 14.4 Å². The van der Waals surface area contributed by atoms with E-state index in [1.807, 2.05) is 0 Å². The van der Waals surface area contributed by atoms with Gasteiger partial charge in [-0.1, -0.05) is 30.8 Å². The van der Waals surface area contributed by atoms with Crippen LogP contribution in [0.1, 0.15) is 76.4 Å². The summed E-state index contributed by atoms with van der Waals surface area (Å²) in [5, 5.41) is 12.3. The van der Waals surface area contributed by atoms with Crippen LogP contribution in [-0.4, -0.2) is 50.3 Å². The maximum Gasteiger partial charge on any atom is 0.248 e. The lowest BCUT2D eigenvalue weighted by atomic mass is 9.89. The first-order valence-corrected chi connectivity index (χ1v) is 12.5. The van der Waals surface area contributed by atoms with E-state index in [0.29, 0.717) is 36.2 Å². The lowest BCUT2D eigenvalue weighted by Gasteiger charge is -2.30. The smallest absolute Gasteiger partial charge is 0.248 e. The van der Waals surface area contributed by atoms with Crippen molar-refractivity contribution in [2.75, 3.05) is 11.9 Å². The summed E-state index contributed by atoms with van der Waals surface area (Å²) < 4.78 is 5.45. The lowest BCUT2D eigenvalue weighted by Crippen LogP contribution is -2.45. The van der Waals surface area contributed by atoms with Gasteiger partial charge in [-0.2, -0.15) is 4.98 Å². The molecule has 10 nitrogen and oxygen atoms in total. The number of hydrogen-bond donors (Lipinski definition) is 2. The highest BCUT2D eigenvalue weighted by molar-refractivity contribution is 7.13. The van der Waals surface area contributed by atoms with Gasteiger partial charge < -0.3 is 20.1 Å². The molecule has 2 aliphatic rings. The van der Waals surface area contributed by atoms with Crippen molar-refractivity contribution in [2.24, 2.45) is 0 Å². The molecule has 11 heteroatoms. The molecule has 0 spiro atoms. The highest BCUT2D eigenvalue weighted by Crippen LogP contribution is 2.34. The summed E-state index contributed by atoms with van der Waals surface area (Å²) in [6, 6.07) is -0.492. The molecule has 0 aromatic carbocycles. The topological polar surface area (TPSA) is 130 Å². The number of nitrogens with one attached hydrogen (secondary N) is 2. The van der Waals surface area contributed by atoms with Crippen molar-refractivity contribution in [2.45, 2.75) is 82.7 Å². The van der Waals surface area contributed by atoms with Crippen molar-refractivity contribution >= 4 is 34.2 Å². The van der Waals surface area contributed by atoms with Gasteiger partial charge in [0.2, 0.25) is 23.6 Å². The molecule has 2 fully saturated rings. The number of hydrogen-bond acceptors (Lipinski definition) is 8. The van der Waals surface area contributed by atoms with E-state index in [-0.39, 0.29) is 24.1 Å². The summed E-state index contributed by atoms with van der Waals surface area (Å²) >= 11 is 1.35. The van der Waals surface area contributed by atoms with Crippen molar-refractivity contribution in [1.82, 2.24) is 25.3 Å². The molecule has 2 aromatic rings. The first-order chi connectivity index (χ1) is 16.0. The summed E-state index contributed by atoms with van der Waals surface area (Å²) in [5.41, 5.74) is -0.609. The third kappa shape index (κ3) is 5.58. The molecule has 0 radical (unpaired) electrons. The number of aryl methyl sites for hydroxylation is 1. The number of carbonyl (C=O) groups excluding carboxylic acids is 3. The molecule has 3 amide bonds. The van der Waals surface area contributed by atoms with Gasteiger partial charge in [0.1, 0.15) is 11.6 Å². The first kappa shape index (κ1) is 23.3. The summed E-state index contributed by atoms with van der Waals surface area (Å²) in [4.78, 5) is 47.6. The lowest BCUT2D eigenvalue weighted by molar-refractivity contribution is -0.136. The summed E-state index contributed by atoms with van der Waals surface area (Å²) in [6.45, 7) is 2.05. The van der Waals surface area contributed by atoms with Gasteiger partial charge in [-0.15, -0.1) is 11.3 Å². The molecule has 178 valence electrons. The number of rotatable bonds is 7. The van der Waals surface area contributed by atoms with Gasteiger partial charge >= 0.3 is 0 Å². The van der Waals surface area contributed by atoms with Gasteiger partial charge in [0.15, 0.2) is 11.0 Å². The Morgan fingerprint density at radius 2 is 2.00 bits per heavy atom. The average Bonchev–Trinajstić information content (AvgIpc) is 3.53. The van der Waals surface area contributed by atoms with Crippen LogP contribution in [0.15, 0.2) is 16.1 Å². The second-order valence-electron chi connectivity index (χ2n) is 8.76. The van der Waals surface area contributed by atoms with Crippen LogP contribution < -0.4 is 10.6 Å². The van der Waals surface area contributed by atoms with E-state index in [2.05, 4.69) is 25.8 Å². The Morgan fingerprint density at radius 1 is 1.21 bits per heavy atom. The van der Waals surface area contributed by atoms with Crippen molar-refractivity contribution in [3.63, 3.8) is 0 Å². The van der Waals surface area contributed by atoms with E-state index < -0.39 is 11.6 Å². The van der Waals surface area contributed by atoms with Gasteiger partial charge in [-0.05, 0) is 25.7 Å². The van der Waals surface area contributed by atoms with E-state index in [0.717, 1.165) is 44.9 Å². The number of amides is 3. The Morgan fingerprint density at radius 3 is 2.70 bits per heavy atom. The molecule has 33 heavy (non-hydrogen) atoms. The summed E-state index contributed by atoms with van der Waals surface area (Å²) in [7, 11) is 0. The number of nitrogens with zero attached hydrogens (tertiary/aromatic N) is 4. The largest absolute Gasteiger partial charge is 0.343 e. The molecule has 1 aliphatic carbocycles. The number of carbonyl (C=O) groups is 3. The third-order valence-corrected chi connectivity index (χ3v) is 7.05. The van der Waals surface area contributed by atoms with Crippen molar-refractivity contribution in [1.29, 1.82) is 0 Å². The number of thiazole rings is 1. The zero-order valence-corrected chi connectivity index (χ0v) is 19.7. The van der Waals surface area contributed by atoms with Crippen LogP contribution in [0.2, 0.25) is 0 Å². The predicted octanol–water partition coefficient (Wildman–Crippen LogP) is 2.77. The Bertz CT molecular complexity index is 967. The third-order valence-electron chi connectivity index (χ3n) is 6.36. The van der Waals surface area contributed by atoms with Crippen LogP contribution in [0.5, 0.6) is 0 Å². The van der Waals surface area contributed by atoms with Crippen LogP contribution >= 0.6 is 11.3 Å². The van der Waals surface area contributed by atoms with E-state index in [1.54, 1.807) is 16.5 Å². The molecule has 4 rings (SSSR count). The standard InChI is InChI=1S/C22H30N6O4S/c1-15(29)26-22(10-4-2-3-5-11-22)20-24-17(32-27-20)8-9-18(30)28-13-6-7-16(28)19(31)25-21-23-12-14-33-21/h12,14,16H,2-11,13H2,1H3,(H,26,29)(H,23,25,31). The minimum Gasteiger partial charge on any atom is -0.343 e. The van der Waals surface area contributed by atoms with Gasteiger partial charge in [0, 0.05) is 37.9 Å². The van der Waals surface area contributed by atoms with Gasteiger partial charge in [0.25, 0.3) is 0 Å². The monoisotopic (exact) mass is 474 g/mol. The second kappa shape index (κ2) is 10.4. The number of aromatic nitrogens is 3. The zero-order valence-electron chi connectivity index (χ0n) is 18.8. The molecule has 0 bridgehead atoms. The fourth-order valence-electron chi connectivity index (χ4n) is 4.79. The van der Waals surface area contributed by atoms with E-state index in [4.69, 9.17) is 4.52 Å². The maximum atomic E-state index is 12.9. The van der Waals surface area contributed by atoms with Crippen molar-refractivity contribution in [3.8, 4) is 0 Å². The molecule has 1 atom stereocenters. The second-order valence-corrected chi connectivity index (χ2v) is 9.66. The minimum absolute atomic E-state index is 0.113. The number of likely N-dealkylation sites (tertiary alicyclic amines) is 1. The van der Waals surface area contributed by atoms with E-state index in [1.165, 1.54) is 18.3 Å². The Hall–Kier alpha value is -2.82. The summed E-state index contributed by atoms with van der Waals surface area (Å²) in [6.07, 6.45) is 9.27. The fraction of sp³-hybridized carbons (Fsp3) is 0.636. The normalized spacial score (nSPS) is 20.3. The van der Waals surface area contributed by atoms with Crippen LogP contribution in [0.3, 0.4) is 0 Å². The minimum atomic E-state index is -0.609.